The van der Waals surface area contributed by atoms with E-state index in [0.29, 0.717) is 6.04 Å². The lowest BCUT2D eigenvalue weighted by Crippen LogP contribution is -2.48. The maximum atomic E-state index is 11.0. The van der Waals surface area contributed by atoms with Crippen LogP contribution < -0.4 is 5.32 Å². The van der Waals surface area contributed by atoms with E-state index in [9.17, 15) is 4.79 Å². The van der Waals surface area contributed by atoms with Crippen LogP contribution in [-0.4, -0.2) is 23.2 Å². The van der Waals surface area contributed by atoms with Gasteiger partial charge in [0, 0.05) is 6.04 Å². The molecular formula is C15H27NO2. The Balaban J connectivity index is 1.94. The van der Waals surface area contributed by atoms with Crippen molar-refractivity contribution >= 4 is 5.97 Å². The van der Waals surface area contributed by atoms with Gasteiger partial charge in [0.15, 0.2) is 0 Å². The monoisotopic (exact) mass is 253 g/mol. The summed E-state index contributed by atoms with van der Waals surface area (Å²) >= 11 is 0. The van der Waals surface area contributed by atoms with Crippen LogP contribution in [0.25, 0.3) is 0 Å². The van der Waals surface area contributed by atoms with Gasteiger partial charge in [-0.25, -0.2) is 0 Å². The van der Waals surface area contributed by atoms with Gasteiger partial charge in [-0.2, -0.15) is 0 Å². The first-order valence-corrected chi connectivity index (χ1v) is 7.67. The number of aliphatic carboxylic acids is 1. The zero-order valence-electron chi connectivity index (χ0n) is 11.5. The van der Waals surface area contributed by atoms with Crippen LogP contribution in [0.4, 0.5) is 0 Å². The molecule has 3 atom stereocenters. The molecule has 0 spiro atoms. The van der Waals surface area contributed by atoms with Gasteiger partial charge in [0.1, 0.15) is 6.04 Å². The smallest absolute Gasteiger partial charge is 0.320 e. The summed E-state index contributed by atoms with van der Waals surface area (Å²) < 4.78 is 0. The van der Waals surface area contributed by atoms with Crippen LogP contribution >= 0.6 is 0 Å². The zero-order chi connectivity index (χ0) is 13.0. The van der Waals surface area contributed by atoms with E-state index in [-0.39, 0.29) is 0 Å². The fourth-order valence-corrected chi connectivity index (χ4v) is 3.89. The summed E-state index contributed by atoms with van der Waals surface area (Å²) in [6.45, 7) is 1.77. The Kier molecular flexibility index (Phi) is 5.04. The molecular weight excluding hydrogens is 226 g/mol. The van der Waals surface area contributed by atoms with Crippen molar-refractivity contribution in [3.05, 3.63) is 0 Å². The van der Waals surface area contributed by atoms with E-state index in [1.165, 1.54) is 57.8 Å². The fourth-order valence-electron chi connectivity index (χ4n) is 3.89. The molecule has 2 rings (SSSR count). The quantitative estimate of drug-likeness (QED) is 0.809. The molecule has 3 unspecified atom stereocenters. The van der Waals surface area contributed by atoms with Crippen molar-refractivity contribution in [3.8, 4) is 0 Å². The van der Waals surface area contributed by atoms with Gasteiger partial charge in [-0.15, -0.1) is 0 Å². The molecule has 0 radical (unpaired) electrons. The SMILES string of the molecule is CC(NC1CCCCC1C1CCCCC1)C(=O)O. The third kappa shape index (κ3) is 3.47. The normalized spacial score (nSPS) is 32.1. The van der Waals surface area contributed by atoms with Gasteiger partial charge in [0.05, 0.1) is 0 Å². The van der Waals surface area contributed by atoms with Crippen LogP contribution in [0.2, 0.25) is 0 Å². The molecule has 0 aromatic carbocycles. The molecule has 3 heteroatoms. The summed E-state index contributed by atoms with van der Waals surface area (Å²) in [5.41, 5.74) is 0. The molecule has 2 aliphatic rings. The zero-order valence-corrected chi connectivity index (χ0v) is 11.5. The van der Waals surface area contributed by atoms with E-state index < -0.39 is 12.0 Å². The van der Waals surface area contributed by atoms with Crippen molar-refractivity contribution in [1.29, 1.82) is 0 Å². The van der Waals surface area contributed by atoms with Crippen LogP contribution in [0.5, 0.6) is 0 Å². The minimum absolute atomic E-state index is 0.404. The molecule has 2 N–H and O–H groups in total. The molecule has 18 heavy (non-hydrogen) atoms. The second-order valence-electron chi connectivity index (χ2n) is 6.18. The first kappa shape index (κ1) is 13.9. The Bertz CT molecular complexity index is 274. The van der Waals surface area contributed by atoms with Gasteiger partial charge in [-0.3, -0.25) is 4.79 Å². The van der Waals surface area contributed by atoms with E-state index in [4.69, 9.17) is 5.11 Å². The lowest BCUT2D eigenvalue weighted by Gasteiger charge is -2.40. The maximum Gasteiger partial charge on any atom is 0.320 e. The van der Waals surface area contributed by atoms with Crippen molar-refractivity contribution in [1.82, 2.24) is 5.32 Å². The average Bonchev–Trinajstić information content (AvgIpc) is 2.40. The first-order chi connectivity index (χ1) is 8.68. The van der Waals surface area contributed by atoms with Crippen molar-refractivity contribution in [3.63, 3.8) is 0 Å². The second kappa shape index (κ2) is 6.55. The van der Waals surface area contributed by atoms with Crippen LogP contribution in [0.1, 0.15) is 64.7 Å². The molecule has 0 aliphatic heterocycles. The number of rotatable bonds is 4. The summed E-state index contributed by atoms with van der Waals surface area (Å²) in [6.07, 6.45) is 11.9. The highest BCUT2D eigenvalue weighted by molar-refractivity contribution is 5.72. The lowest BCUT2D eigenvalue weighted by atomic mass is 9.71. The van der Waals surface area contributed by atoms with Gasteiger partial charge in [-0.05, 0) is 31.6 Å². The molecule has 0 bridgehead atoms. The largest absolute Gasteiger partial charge is 0.480 e. The van der Waals surface area contributed by atoms with E-state index >= 15 is 0 Å². The lowest BCUT2D eigenvalue weighted by molar-refractivity contribution is -0.139. The van der Waals surface area contributed by atoms with E-state index in [2.05, 4.69) is 5.32 Å². The Morgan fingerprint density at radius 3 is 2.33 bits per heavy atom. The molecule has 0 aromatic heterocycles. The fraction of sp³-hybridized carbons (Fsp3) is 0.933. The van der Waals surface area contributed by atoms with Crippen LogP contribution in [0, 0.1) is 11.8 Å². The number of hydrogen-bond acceptors (Lipinski definition) is 2. The number of nitrogens with one attached hydrogen (secondary N) is 1. The minimum Gasteiger partial charge on any atom is -0.480 e. The maximum absolute atomic E-state index is 11.0. The molecule has 0 heterocycles. The first-order valence-electron chi connectivity index (χ1n) is 7.67. The molecule has 2 saturated carbocycles. The van der Waals surface area contributed by atoms with Crippen molar-refractivity contribution < 1.29 is 9.90 Å². The summed E-state index contributed by atoms with van der Waals surface area (Å²) in [6, 6.07) is 0.0344. The van der Waals surface area contributed by atoms with E-state index in [0.717, 1.165) is 11.8 Å². The summed E-state index contributed by atoms with van der Waals surface area (Å²) in [5.74, 6) is 0.848. The van der Waals surface area contributed by atoms with Crippen molar-refractivity contribution in [2.45, 2.75) is 76.8 Å². The Labute approximate surface area is 110 Å². The van der Waals surface area contributed by atoms with Gasteiger partial charge < -0.3 is 10.4 Å². The van der Waals surface area contributed by atoms with Crippen LogP contribution in [0.15, 0.2) is 0 Å². The molecule has 2 aliphatic carbocycles. The number of carboxylic acids is 1. The Morgan fingerprint density at radius 2 is 1.67 bits per heavy atom. The van der Waals surface area contributed by atoms with Gasteiger partial charge >= 0.3 is 5.97 Å². The van der Waals surface area contributed by atoms with Crippen LogP contribution in [0.3, 0.4) is 0 Å². The standard InChI is InChI=1S/C15H27NO2/c1-11(15(17)18)16-14-10-6-5-9-13(14)12-7-3-2-4-8-12/h11-14,16H,2-10H2,1H3,(H,17,18). The molecule has 3 nitrogen and oxygen atoms in total. The highest BCUT2D eigenvalue weighted by Gasteiger charge is 2.33. The Hall–Kier alpha value is -0.570. The predicted octanol–water partition coefficient (Wildman–Crippen LogP) is 3.19. The highest BCUT2D eigenvalue weighted by atomic mass is 16.4. The van der Waals surface area contributed by atoms with Gasteiger partial charge in [0.2, 0.25) is 0 Å². The molecule has 2 fully saturated rings. The molecule has 104 valence electrons. The number of carboxylic acid groups (broad SMARTS) is 1. The van der Waals surface area contributed by atoms with Crippen molar-refractivity contribution in [2.75, 3.05) is 0 Å². The van der Waals surface area contributed by atoms with E-state index in [1.807, 2.05) is 0 Å². The molecule has 0 aromatic rings. The van der Waals surface area contributed by atoms with Gasteiger partial charge in [0.25, 0.3) is 0 Å². The van der Waals surface area contributed by atoms with E-state index in [1.54, 1.807) is 6.92 Å². The third-order valence-electron chi connectivity index (χ3n) is 4.91. The van der Waals surface area contributed by atoms with Crippen LogP contribution in [-0.2, 0) is 4.79 Å². The number of hydrogen-bond donors (Lipinski definition) is 2. The summed E-state index contributed by atoms with van der Waals surface area (Å²) in [4.78, 5) is 11.0. The molecule has 0 saturated heterocycles. The van der Waals surface area contributed by atoms with Crippen molar-refractivity contribution in [2.24, 2.45) is 11.8 Å². The number of carbonyl (C=O) groups is 1. The average molecular weight is 253 g/mol. The molecule has 0 amide bonds. The Morgan fingerprint density at radius 1 is 1.06 bits per heavy atom. The third-order valence-corrected chi connectivity index (χ3v) is 4.91. The predicted molar refractivity (Wildman–Crippen MR) is 72.6 cm³/mol. The topological polar surface area (TPSA) is 49.3 Å². The second-order valence-corrected chi connectivity index (χ2v) is 6.18. The summed E-state index contributed by atoms with van der Waals surface area (Å²) in [5, 5.41) is 12.4. The highest BCUT2D eigenvalue weighted by Crippen LogP contribution is 2.38. The minimum atomic E-state index is -0.719. The summed E-state index contributed by atoms with van der Waals surface area (Å²) in [7, 11) is 0. The van der Waals surface area contributed by atoms with Gasteiger partial charge in [-0.1, -0.05) is 44.9 Å².